The molecule has 5 nitrogen and oxygen atoms in total. The molecule has 2 N–H and O–H groups in total. The fourth-order valence-electron chi connectivity index (χ4n) is 1.29. The number of ether oxygens (including phenoxy) is 1. The summed E-state index contributed by atoms with van der Waals surface area (Å²) < 4.78 is 4.96. The van der Waals surface area contributed by atoms with E-state index in [4.69, 9.17) is 4.74 Å². The molecule has 1 heterocycles. The highest BCUT2D eigenvalue weighted by Crippen LogP contribution is 2.10. The number of aromatic nitrogens is 1. The molecule has 1 rings (SSSR count). The van der Waals surface area contributed by atoms with E-state index >= 15 is 0 Å². The van der Waals surface area contributed by atoms with Gasteiger partial charge in [-0.05, 0) is 18.6 Å². The van der Waals surface area contributed by atoms with Crippen LogP contribution in [0.2, 0.25) is 0 Å². The van der Waals surface area contributed by atoms with Gasteiger partial charge < -0.3 is 15.4 Å². The normalized spacial score (nSPS) is 10.4. The number of amides is 1. The number of nitrogens with zero attached hydrogens (tertiary/aromatic N) is 1. The number of hydrogen-bond donors (Lipinski definition) is 2. The summed E-state index contributed by atoms with van der Waals surface area (Å²) >= 11 is 0. The van der Waals surface area contributed by atoms with E-state index in [2.05, 4.69) is 15.6 Å². The second-order valence-electron chi connectivity index (χ2n) is 4.35. The number of pyridine rings is 1. The molecule has 0 aliphatic carbocycles. The maximum Gasteiger partial charge on any atom is 0.228 e. The highest BCUT2D eigenvalue weighted by atomic mass is 16.5. The monoisotopic (exact) mass is 251 g/mol. The van der Waals surface area contributed by atoms with Crippen molar-refractivity contribution in [2.24, 2.45) is 5.92 Å². The number of anilines is 2. The molecule has 5 heteroatoms. The van der Waals surface area contributed by atoms with Crippen LogP contribution < -0.4 is 10.6 Å². The van der Waals surface area contributed by atoms with Crippen LogP contribution in [0, 0.1) is 5.92 Å². The summed E-state index contributed by atoms with van der Waals surface area (Å²) in [5.74, 6) is 0.512. The highest BCUT2D eigenvalue weighted by molar-refractivity contribution is 5.91. The highest BCUT2D eigenvalue weighted by Gasteiger charge is 2.07. The summed E-state index contributed by atoms with van der Waals surface area (Å²) in [6, 6.07) is 3.69. The van der Waals surface area contributed by atoms with Crippen molar-refractivity contribution >= 4 is 17.4 Å². The number of carbonyl (C=O) groups excluding carboxylic acids is 1. The molecule has 0 saturated carbocycles. The third kappa shape index (κ3) is 5.14. The fourth-order valence-corrected chi connectivity index (χ4v) is 1.29. The van der Waals surface area contributed by atoms with Crippen LogP contribution in [0.15, 0.2) is 18.3 Å². The van der Waals surface area contributed by atoms with Gasteiger partial charge in [0, 0.05) is 26.2 Å². The van der Waals surface area contributed by atoms with Crippen LogP contribution in [0.1, 0.15) is 20.3 Å². The van der Waals surface area contributed by atoms with E-state index in [1.54, 1.807) is 19.4 Å². The van der Waals surface area contributed by atoms with Gasteiger partial charge in [-0.2, -0.15) is 0 Å². The summed E-state index contributed by atoms with van der Waals surface area (Å²) in [5.41, 5.74) is 0.939. The number of hydrogen-bond acceptors (Lipinski definition) is 4. The maximum atomic E-state index is 11.5. The molecule has 0 radical (unpaired) electrons. The van der Waals surface area contributed by atoms with Crippen molar-refractivity contribution in [1.29, 1.82) is 0 Å². The Morgan fingerprint density at radius 2 is 2.22 bits per heavy atom. The van der Waals surface area contributed by atoms with Gasteiger partial charge in [0.25, 0.3) is 0 Å². The van der Waals surface area contributed by atoms with Gasteiger partial charge in [-0.25, -0.2) is 4.98 Å². The molecule has 1 aromatic heterocycles. The van der Waals surface area contributed by atoms with Gasteiger partial charge in [0.15, 0.2) is 0 Å². The first-order valence-electron chi connectivity index (χ1n) is 6.13. The first kappa shape index (κ1) is 14.4. The molecule has 0 aliphatic heterocycles. The average Bonchev–Trinajstić information content (AvgIpc) is 2.36. The molecule has 1 amide bonds. The van der Waals surface area contributed by atoms with Gasteiger partial charge in [0.2, 0.25) is 5.91 Å². The summed E-state index contributed by atoms with van der Waals surface area (Å²) in [6.07, 6.45) is 2.66. The average molecular weight is 251 g/mol. The van der Waals surface area contributed by atoms with E-state index in [1.165, 1.54) is 0 Å². The Hall–Kier alpha value is -1.62. The summed E-state index contributed by atoms with van der Waals surface area (Å²) in [5, 5.41) is 5.97. The molecule has 0 aliphatic rings. The minimum absolute atomic E-state index is 0.0247. The van der Waals surface area contributed by atoms with E-state index in [9.17, 15) is 4.79 Å². The first-order chi connectivity index (χ1) is 8.63. The van der Waals surface area contributed by atoms with Crippen molar-refractivity contribution in [1.82, 2.24) is 4.98 Å². The zero-order chi connectivity index (χ0) is 13.4. The zero-order valence-electron chi connectivity index (χ0n) is 11.2. The molecule has 0 unspecified atom stereocenters. The zero-order valence-corrected chi connectivity index (χ0v) is 11.2. The lowest BCUT2D eigenvalue weighted by Crippen LogP contribution is -2.18. The Labute approximate surface area is 108 Å². The van der Waals surface area contributed by atoms with Gasteiger partial charge in [-0.15, -0.1) is 0 Å². The predicted molar refractivity (Wildman–Crippen MR) is 72.7 cm³/mol. The molecule has 0 aromatic carbocycles. The molecule has 100 valence electrons. The van der Waals surface area contributed by atoms with E-state index < -0.39 is 0 Å². The topological polar surface area (TPSA) is 63.2 Å². The molecule has 0 saturated heterocycles. The van der Waals surface area contributed by atoms with Crippen molar-refractivity contribution in [3.63, 3.8) is 0 Å². The van der Waals surface area contributed by atoms with Crippen LogP contribution in [0.3, 0.4) is 0 Å². The van der Waals surface area contributed by atoms with E-state index in [0.717, 1.165) is 25.3 Å². The van der Waals surface area contributed by atoms with Crippen molar-refractivity contribution in [2.45, 2.75) is 20.3 Å². The van der Waals surface area contributed by atoms with E-state index in [1.807, 2.05) is 19.9 Å². The largest absolute Gasteiger partial charge is 0.385 e. The van der Waals surface area contributed by atoms with Crippen LogP contribution in [-0.4, -0.2) is 31.2 Å². The Morgan fingerprint density at radius 1 is 1.44 bits per heavy atom. The van der Waals surface area contributed by atoms with Crippen molar-refractivity contribution in [3.05, 3.63) is 18.3 Å². The second-order valence-corrected chi connectivity index (χ2v) is 4.35. The first-order valence-corrected chi connectivity index (χ1v) is 6.13. The smallest absolute Gasteiger partial charge is 0.228 e. The molecule has 0 atom stereocenters. The molecule has 0 spiro atoms. The van der Waals surface area contributed by atoms with Crippen LogP contribution in [0.4, 0.5) is 11.5 Å². The molecule has 0 fully saturated rings. The number of methoxy groups -OCH3 is 1. The van der Waals surface area contributed by atoms with Gasteiger partial charge in [0.05, 0.1) is 11.9 Å². The Kier molecular flexibility index (Phi) is 6.14. The minimum Gasteiger partial charge on any atom is -0.385 e. The van der Waals surface area contributed by atoms with Gasteiger partial charge in [-0.3, -0.25) is 4.79 Å². The quantitative estimate of drug-likeness (QED) is 0.729. The Balaban J connectivity index is 2.40. The Bertz CT molecular complexity index is 363. The third-order valence-electron chi connectivity index (χ3n) is 2.39. The lowest BCUT2D eigenvalue weighted by atomic mass is 10.2. The third-order valence-corrected chi connectivity index (χ3v) is 2.39. The molecule has 18 heavy (non-hydrogen) atoms. The van der Waals surface area contributed by atoms with E-state index in [0.29, 0.717) is 5.82 Å². The van der Waals surface area contributed by atoms with Gasteiger partial charge in [0.1, 0.15) is 5.82 Å². The van der Waals surface area contributed by atoms with Crippen LogP contribution >= 0.6 is 0 Å². The number of rotatable bonds is 7. The summed E-state index contributed by atoms with van der Waals surface area (Å²) in [7, 11) is 1.69. The van der Waals surface area contributed by atoms with Crippen molar-refractivity contribution in [3.8, 4) is 0 Å². The number of nitrogens with one attached hydrogen (secondary N) is 2. The van der Waals surface area contributed by atoms with Crippen LogP contribution in [0.25, 0.3) is 0 Å². The summed E-state index contributed by atoms with van der Waals surface area (Å²) in [4.78, 5) is 15.6. The van der Waals surface area contributed by atoms with Crippen LogP contribution in [0.5, 0.6) is 0 Å². The Morgan fingerprint density at radius 3 is 2.78 bits per heavy atom. The predicted octanol–water partition coefficient (Wildman–Crippen LogP) is 2.12. The summed E-state index contributed by atoms with van der Waals surface area (Å²) in [6.45, 7) is 5.28. The minimum atomic E-state index is -0.0429. The standard InChI is InChI=1S/C13H21N3O2/c1-10(2)13(17)16-12-6-5-11(9-15-12)14-7-4-8-18-3/h5-6,9-10,14H,4,7-8H2,1-3H3,(H,15,16,17). The molecular formula is C13H21N3O2. The second kappa shape index (κ2) is 7.66. The van der Waals surface area contributed by atoms with Crippen molar-refractivity contribution in [2.75, 3.05) is 30.9 Å². The van der Waals surface area contributed by atoms with E-state index in [-0.39, 0.29) is 11.8 Å². The van der Waals surface area contributed by atoms with Gasteiger partial charge in [-0.1, -0.05) is 13.8 Å². The lowest BCUT2D eigenvalue weighted by Gasteiger charge is -2.08. The fraction of sp³-hybridized carbons (Fsp3) is 0.538. The lowest BCUT2D eigenvalue weighted by molar-refractivity contribution is -0.118. The van der Waals surface area contributed by atoms with Crippen molar-refractivity contribution < 1.29 is 9.53 Å². The van der Waals surface area contributed by atoms with Crippen LogP contribution in [-0.2, 0) is 9.53 Å². The van der Waals surface area contributed by atoms with Gasteiger partial charge >= 0.3 is 0 Å². The molecule has 0 bridgehead atoms. The molecule has 1 aromatic rings. The number of carbonyl (C=O) groups is 1. The SMILES string of the molecule is COCCCNc1ccc(NC(=O)C(C)C)nc1. The maximum absolute atomic E-state index is 11.5. The molecular weight excluding hydrogens is 230 g/mol.